The summed E-state index contributed by atoms with van der Waals surface area (Å²) in [6.07, 6.45) is -0.119. The summed E-state index contributed by atoms with van der Waals surface area (Å²) >= 11 is 0.933. The standard InChI is InChI=1S/C13H13N3O3S/c1-8(9-5-3-2-4-6-9)15-16-13-14-11(17)7-10(20-13)12(18)19/h2-6,10,15H,1,7H2,(H,18,19)(H,14,16,17)/p-1/t10-/m0/s1. The van der Waals surface area contributed by atoms with Crippen LogP contribution in [0.1, 0.15) is 12.0 Å². The van der Waals surface area contributed by atoms with Crippen LogP contribution >= 0.6 is 11.8 Å². The molecule has 1 aromatic rings. The molecule has 1 fully saturated rings. The molecule has 0 aliphatic carbocycles. The van der Waals surface area contributed by atoms with Crippen molar-refractivity contribution in [1.29, 1.82) is 0 Å². The van der Waals surface area contributed by atoms with Crippen LogP contribution in [0.15, 0.2) is 42.0 Å². The quantitative estimate of drug-likeness (QED) is 0.755. The zero-order valence-electron chi connectivity index (χ0n) is 10.5. The molecule has 1 aliphatic rings. The van der Waals surface area contributed by atoms with Crippen molar-refractivity contribution < 1.29 is 14.7 Å². The van der Waals surface area contributed by atoms with Crippen LogP contribution in [0.3, 0.4) is 0 Å². The van der Waals surface area contributed by atoms with Gasteiger partial charge in [0, 0.05) is 6.42 Å². The number of hydrogen-bond donors (Lipinski definition) is 2. The van der Waals surface area contributed by atoms with E-state index in [1.54, 1.807) is 0 Å². The van der Waals surface area contributed by atoms with E-state index in [0.717, 1.165) is 17.3 Å². The first-order chi connectivity index (χ1) is 9.56. The van der Waals surface area contributed by atoms with Crippen molar-refractivity contribution in [2.45, 2.75) is 11.7 Å². The van der Waals surface area contributed by atoms with E-state index >= 15 is 0 Å². The summed E-state index contributed by atoms with van der Waals surface area (Å²) in [4.78, 5) is 22.2. The van der Waals surface area contributed by atoms with Crippen LogP contribution in [0, 0.1) is 0 Å². The van der Waals surface area contributed by atoms with Gasteiger partial charge >= 0.3 is 0 Å². The zero-order chi connectivity index (χ0) is 14.5. The average molecular weight is 290 g/mol. The summed E-state index contributed by atoms with van der Waals surface area (Å²) in [5, 5.41) is 16.5. The first-order valence-electron chi connectivity index (χ1n) is 5.81. The van der Waals surface area contributed by atoms with Crippen LogP contribution in [-0.4, -0.2) is 22.3 Å². The van der Waals surface area contributed by atoms with Crippen LogP contribution in [0.4, 0.5) is 0 Å². The molecular weight excluding hydrogens is 278 g/mol. The fraction of sp³-hybridized carbons (Fsp3) is 0.154. The maximum absolute atomic E-state index is 11.4. The first-order valence-corrected chi connectivity index (χ1v) is 6.69. The molecule has 104 valence electrons. The molecular formula is C13H12N3O3S-. The summed E-state index contributed by atoms with van der Waals surface area (Å²) in [6, 6.07) is 9.31. The number of carboxylic acids is 1. The fourth-order valence-corrected chi connectivity index (χ4v) is 2.42. The van der Waals surface area contributed by atoms with Crippen LogP contribution in [0.5, 0.6) is 0 Å². The largest absolute Gasteiger partial charge is 0.549 e. The number of rotatable bonds is 4. The summed E-state index contributed by atoms with van der Waals surface area (Å²) < 4.78 is 0. The molecule has 0 aromatic heterocycles. The molecule has 0 bridgehead atoms. The van der Waals surface area contributed by atoms with Gasteiger partial charge in [0.15, 0.2) is 5.17 Å². The van der Waals surface area contributed by atoms with E-state index in [2.05, 4.69) is 22.4 Å². The first kappa shape index (κ1) is 14.1. The second-order valence-corrected chi connectivity index (χ2v) is 5.24. The minimum Gasteiger partial charge on any atom is -0.549 e. The number of amides is 1. The molecule has 1 atom stereocenters. The van der Waals surface area contributed by atoms with Crippen molar-refractivity contribution in [2.24, 2.45) is 5.10 Å². The van der Waals surface area contributed by atoms with Crippen molar-refractivity contribution in [3.05, 3.63) is 42.5 Å². The Morgan fingerprint density at radius 3 is 2.80 bits per heavy atom. The summed E-state index contributed by atoms with van der Waals surface area (Å²) in [5.41, 5.74) is 4.09. The molecule has 0 saturated carbocycles. The van der Waals surface area contributed by atoms with Crippen LogP contribution in [0.2, 0.25) is 0 Å². The lowest BCUT2D eigenvalue weighted by atomic mass is 10.2. The van der Waals surface area contributed by atoms with Gasteiger partial charge in [-0.1, -0.05) is 48.7 Å². The van der Waals surface area contributed by atoms with Gasteiger partial charge in [-0.2, -0.15) is 0 Å². The van der Waals surface area contributed by atoms with Gasteiger partial charge in [-0.3, -0.25) is 10.2 Å². The maximum atomic E-state index is 11.4. The Morgan fingerprint density at radius 2 is 2.15 bits per heavy atom. The van der Waals surface area contributed by atoms with Crippen LogP contribution < -0.4 is 15.8 Å². The molecule has 1 heterocycles. The van der Waals surface area contributed by atoms with Gasteiger partial charge in [0.2, 0.25) is 5.91 Å². The molecule has 6 nitrogen and oxygen atoms in total. The normalized spacial score (nSPS) is 20.3. The number of carboxylic acid groups (broad SMARTS) is 1. The molecule has 1 aliphatic heterocycles. The number of aliphatic carboxylic acids is 1. The Hall–Kier alpha value is -2.28. The van der Waals surface area contributed by atoms with Crippen molar-refractivity contribution in [3.8, 4) is 0 Å². The summed E-state index contributed by atoms with van der Waals surface area (Å²) in [6.45, 7) is 3.81. The summed E-state index contributed by atoms with van der Waals surface area (Å²) in [7, 11) is 0. The van der Waals surface area contributed by atoms with E-state index in [0.29, 0.717) is 5.70 Å². The van der Waals surface area contributed by atoms with E-state index in [1.807, 2.05) is 30.3 Å². The number of carbonyl (C=O) groups excluding carboxylic acids is 2. The molecule has 2 N–H and O–H groups in total. The van der Waals surface area contributed by atoms with E-state index < -0.39 is 17.1 Å². The number of nitrogens with zero attached hydrogens (tertiary/aromatic N) is 1. The SMILES string of the molecule is C=C(N/N=C1\NC(=O)C[C@@H](C(=O)[O-])S1)c1ccccc1. The Kier molecular flexibility index (Phi) is 4.41. The Morgan fingerprint density at radius 1 is 1.45 bits per heavy atom. The van der Waals surface area contributed by atoms with E-state index in [4.69, 9.17) is 0 Å². The Labute approximate surface area is 119 Å². The van der Waals surface area contributed by atoms with Crippen LogP contribution in [-0.2, 0) is 9.59 Å². The molecule has 2 rings (SSSR count). The van der Waals surface area contributed by atoms with E-state index in [-0.39, 0.29) is 11.6 Å². The lowest BCUT2D eigenvalue weighted by Gasteiger charge is -2.23. The second kappa shape index (κ2) is 6.25. The van der Waals surface area contributed by atoms with Crippen molar-refractivity contribution in [2.75, 3.05) is 0 Å². The minimum atomic E-state index is -1.28. The maximum Gasteiger partial charge on any atom is 0.227 e. The fourth-order valence-electron chi connectivity index (χ4n) is 1.55. The Bertz CT molecular complexity index is 571. The molecule has 7 heteroatoms. The van der Waals surface area contributed by atoms with Crippen molar-refractivity contribution in [3.63, 3.8) is 0 Å². The predicted molar refractivity (Wildman–Crippen MR) is 75.2 cm³/mol. The molecule has 0 radical (unpaired) electrons. The molecule has 1 amide bonds. The van der Waals surface area contributed by atoms with Gasteiger partial charge in [0.25, 0.3) is 0 Å². The van der Waals surface area contributed by atoms with Crippen molar-refractivity contribution >= 4 is 34.5 Å². The lowest BCUT2D eigenvalue weighted by molar-refractivity contribution is -0.304. The van der Waals surface area contributed by atoms with Gasteiger partial charge in [-0.15, -0.1) is 5.10 Å². The average Bonchev–Trinajstić information content (AvgIpc) is 2.45. The number of hydrogen-bond acceptors (Lipinski definition) is 6. The van der Waals surface area contributed by atoms with Gasteiger partial charge < -0.3 is 15.2 Å². The molecule has 20 heavy (non-hydrogen) atoms. The number of hydrazone groups is 1. The number of nitrogens with one attached hydrogen (secondary N) is 2. The highest BCUT2D eigenvalue weighted by molar-refractivity contribution is 8.15. The monoisotopic (exact) mass is 290 g/mol. The minimum absolute atomic E-state index is 0.119. The molecule has 1 aromatic carbocycles. The van der Waals surface area contributed by atoms with Gasteiger partial charge in [0.1, 0.15) is 0 Å². The zero-order valence-corrected chi connectivity index (χ0v) is 11.3. The van der Waals surface area contributed by atoms with Crippen LogP contribution in [0.25, 0.3) is 5.70 Å². The summed E-state index contributed by atoms with van der Waals surface area (Å²) in [5.74, 6) is -1.68. The predicted octanol–water partition coefficient (Wildman–Crippen LogP) is -0.111. The highest BCUT2D eigenvalue weighted by Crippen LogP contribution is 2.19. The van der Waals surface area contributed by atoms with Gasteiger partial charge in [-0.25, -0.2) is 0 Å². The number of amidine groups is 1. The highest BCUT2D eigenvalue weighted by Gasteiger charge is 2.25. The Balaban J connectivity index is 2.02. The molecule has 1 saturated heterocycles. The third-order valence-corrected chi connectivity index (χ3v) is 3.61. The molecule has 0 spiro atoms. The third-order valence-electron chi connectivity index (χ3n) is 2.55. The number of carbonyl (C=O) groups is 2. The van der Waals surface area contributed by atoms with Crippen molar-refractivity contribution in [1.82, 2.24) is 10.7 Å². The highest BCUT2D eigenvalue weighted by atomic mass is 32.2. The van der Waals surface area contributed by atoms with E-state index in [1.165, 1.54) is 0 Å². The smallest absolute Gasteiger partial charge is 0.227 e. The number of thioether (sulfide) groups is 1. The topological polar surface area (TPSA) is 93.6 Å². The van der Waals surface area contributed by atoms with Gasteiger partial charge in [-0.05, 0) is 5.56 Å². The molecule has 0 unspecified atom stereocenters. The van der Waals surface area contributed by atoms with E-state index in [9.17, 15) is 14.7 Å². The van der Waals surface area contributed by atoms with Gasteiger partial charge in [0.05, 0.1) is 16.9 Å². The second-order valence-electron chi connectivity index (χ2n) is 4.05. The lowest BCUT2D eigenvalue weighted by Crippen LogP contribution is -2.45. The number of benzene rings is 1. The third kappa shape index (κ3) is 3.61.